The predicted octanol–water partition coefficient (Wildman–Crippen LogP) is 0.255. The fourth-order valence-corrected chi connectivity index (χ4v) is 1.57. The molecule has 0 radical (unpaired) electrons. The van der Waals surface area contributed by atoms with Crippen LogP contribution in [0.2, 0.25) is 0 Å². The third-order valence-electron chi connectivity index (χ3n) is 2.64. The maximum atomic E-state index is 12.1. The van der Waals surface area contributed by atoms with Crippen molar-refractivity contribution in [1.82, 2.24) is 15.1 Å². The molecule has 1 amide bonds. The molecule has 1 saturated carbocycles. The normalized spacial score (nSPS) is 14.1. The Bertz CT molecular complexity index is 491. The maximum Gasteiger partial charge on any atom is 0.275 e. The molecule has 0 aromatic carbocycles. The van der Waals surface area contributed by atoms with Crippen LogP contribution in [-0.4, -0.2) is 34.1 Å². The lowest BCUT2D eigenvalue weighted by atomic mass is 10.3. The van der Waals surface area contributed by atoms with Gasteiger partial charge in [-0.25, -0.2) is 5.10 Å². The van der Waals surface area contributed by atoms with Gasteiger partial charge in [0.2, 0.25) is 0 Å². The molecule has 5 heteroatoms. The molecule has 0 atom stereocenters. The van der Waals surface area contributed by atoms with E-state index in [1.807, 2.05) is 0 Å². The minimum atomic E-state index is -0.327. The molecule has 1 aliphatic carbocycles. The predicted molar refractivity (Wildman–Crippen MR) is 62.3 cm³/mol. The molecule has 88 valence electrons. The summed E-state index contributed by atoms with van der Waals surface area (Å²) in [4.78, 5) is 24.5. The van der Waals surface area contributed by atoms with Crippen molar-refractivity contribution in [1.29, 1.82) is 0 Å². The van der Waals surface area contributed by atoms with Crippen molar-refractivity contribution in [3.8, 4) is 12.3 Å². The monoisotopic (exact) mass is 231 g/mol. The number of aromatic amines is 1. The van der Waals surface area contributed by atoms with Gasteiger partial charge in [-0.2, -0.15) is 5.10 Å². The standard InChI is InChI=1S/C12H13N3O2/c1-2-7-15(8-9-3-4-9)12(17)10-5-6-11(16)14-13-10/h1,5-6,9H,3-4,7-8H2,(H,14,16). The highest BCUT2D eigenvalue weighted by atomic mass is 16.2. The molecule has 1 N–H and O–H groups in total. The van der Waals surface area contributed by atoms with E-state index in [0.717, 1.165) is 12.8 Å². The first-order valence-electron chi connectivity index (χ1n) is 5.49. The molecular weight excluding hydrogens is 218 g/mol. The highest BCUT2D eigenvalue weighted by Crippen LogP contribution is 2.29. The van der Waals surface area contributed by atoms with E-state index in [0.29, 0.717) is 12.5 Å². The molecular formula is C12H13N3O2. The molecule has 2 rings (SSSR count). The SMILES string of the molecule is C#CCN(CC1CC1)C(=O)c1ccc(=O)[nH]n1. The second-order valence-electron chi connectivity index (χ2n) is 4.14. The largest absolute Gasteiger partial charge is 0.326 e. The van der Waals surface area contributed by atoms with Crippen molar-refractivity contribution in [3.63, 3.8) is 0 Å². The van der Waals surface area contributed by atoms with Crippen molar-refractivity contribution in [2.45, 2.75) is 12.8 Å². The van der Waals surface area contributed by atoms with Gasteiger partial charge >= 0.3 is 0 Å². The summed E-state index contributed by atoms with van der Waals surface area (Å²) in [7, 11) is 0. The summed E-state index contributed by atoms with van der Waals surface area (Å²) >= 11 is 0. The Hall–Kier alpha value is -2.09. The molecule has 0 bridgehead atoms. The lowest BCUT2D eigenvalue weighted by molar-refractivity contribution is 0.0762. The van der Waals surface area contributed by atoms with E-state index in [2.05, 4.69) is 16.1 Å². The summed E-state index contributed by atoms with van der Waals surface area (Å²) in [6, 6.07) is 2.70. The van der Waals surface area contributed by atoms with Crippen molar-refractivity contribution < 1.29 is 4.79 Å². The zero-order valence-corrected chi connectivity index (χ0v) is 9.35. The lowest BCUT2D eigenvalue weighted by Gasteiger charge is -2.19. The third kappa shape index (κ3) is 2.94. The maximum absolute atomic E-state index is 12.1. The molecule has 0 aliphatic heterocycles. The highest BCUT2D eigenvalue weighted by molar-refractivity contribution is 5.92. The topological polar surface area (TPSA) is 66.1 Å². The van der Waals surface area contributed by atoms with Gasteiger partial charge in [0.05, 0.1) is 6.54 Å². The number of nitrogens with zero attached hydrogens (tertiary/aromatic N) is 2. The molecule has 0 spiro atoms. The number of hydrogen-bond acceptors (Lipinski definition) is 3. The van der Waals surface area contributed by atoms with Gasteiger partial charge in [0, 0.05) is 12.6 Å². The van der Waals surface area contributed by atoms with Crippen LogP contribution in [0.15, 0.2) is 16.9 Å². The Morgan fingerprint density at radius 2 is 2.35 bits per heavy atom. The quantitative estimate of drug-likeness (QED) is 0.756. The van der Waals surface area contributed by atoms with E-state index in [9.17, 15) is 9.59 Å². The van der Waals surface area contributed by atoms with Gasteiger partial charge in [-0.05, 0) is 24.8 Å². The van der Waals surface area contributed by atoms with Crippen LogP contribution in [-0.2, 0) is 0 Å². The van der Waals surface area contributed by atoms with E-state index in [-0.39, 0.29) is 23.7 Å². The molecule has 1 aromatic rings. The number of carbonyl (C=O) groups is 1. The van der Waals surface area contributed by atoms with Gasteiger partial charge in [-0.15, -0.1) is 6.42 Å². The van der Waals surface area contributed by atoms with Crippen LogP contribution in [0.1, 0.15) is 23.3 Å². The van der Waals surface area contributed by atoms with E-state index in [1.54, 1.807) is 4.90 Å². The van der Waals surface area contributed by atoms with E-state index < -0.39 is 0 Å². The summed E-state index contributed by atoms with van der Waals surface area (Å²) in [6.07, 6.45) is 7.54. The fourth-order valence-electron chi connectivity index (χ4n) is 1.57. The number of terminal acetylenes is 1. The number of nitrogens with one attached hydrogen (secondary N) is 1. The third-order valence-corrected chi connectivity index (χ3v) is 2.64. The van der Waals surface area contributed by atoms with Crippen LogP contribution in [0, 0.1) is 18.3 Å². The summed E-state index contributed by atoms with van der Waals surface area (Å²) in [5, 5.41) is 5.95. The van der Waals surface area contributed by atoms with Gasteiger partial charge < -0.3 is 4.90 Å². The smallest absolute Gasteiger partial charge is 0.275 e. The minimum absolute atomic E-state index is 0.223. The molecule has 1 heterocycles. The van der Waals surface area contributed by atoms with E-state index in [4.69, 9.17) is 6.42 Å². The van der Waals surface area contributed by atoms with Crippen LogP contribution >= 0.6 is 0 Å². The zero-order valence-electron chi connectivity index (χ0n) is 9.35. The van der Waals surface area contributed by atoms with Crippen molar-refractivity contribution in [2.24, 2.45) is 5.92 Å². The van der Waals surface area contributed by atoms with Crippen LogP contribution in [0.4, 0.5) is 0 Å². The van der Waals surface area contributed by atoms with E-state index >= 15 is 0 Å². The highest BCUT2D eigenvalue weighted by Gasteiger charge is 2.27. The Morgan fingerprint density at radius 1 is 1.59 bits per heavy atom. The van der Waals surface area contributed by atoms with Crippen LogP contribution in [0.25, 0.3) is 0 Å². The molecule has 1 aliphatic rings. The number of rotatable bonds is 4. The van der Waals surface area contributed by atoms with Crippen LogP contribution in [0.3, 0.4) is 0 Å². The van der Waals surface area contributed by atoms with Gasteiger partial charge in [0.1, 0.15) is 5.69 Å². The van der Waals surface area contributed by atoms with Crippen molar-refractivity contribution in [2.75, 3.05) is 13.1 Å². The summed E-state index contributed by atoms with van der Waals surface area (Å²) in [5.41, 5.74) is -0.104. The fraction of sp³-hybridized carbons (Fsp3) is 0.417. The van der Waals surface area contributed by atoms with Gasteiger partial charge in [0.15, 0.2) is 0 Å². The second kappa shape index (κ2) is 4.83. The van der Waals surface area contributed by atoms with Crippen LogP contribution < -0.4 is 5.56 Å². The molecule has 17 heavy (non-hydrogen) atoms. The first-order chi connectivity index (χ1) is 8.20. The second-order valence-corrected chi connectivity index (χ2v) is 4.14. The lowest BCUT2D eigenvalue weighted by Crippen LogP contribution is -2.34. The number of amides is 1. The Balaban J connectivity index is 2.11. The molecule has 0 unspecified atom stereocenters. The Kier molecular flexibility index (Phi) is 3.24. The number of hydrogen-bond donors (Lipinski definition) is 1. The minimum Gasteiger partial charge on any atom is -0.326 e. The first-order valence-corrected chi connectivity index (χ1v) is 5.49. The Labute approximate surface area is 98.8 Å². The summed E-state index contributed by atoms with van der Waals surface area (Å²) in [5.74, 6) is 2.80. The van der Waals surface area contributed by atoms with Gasteiger partial charge in [0.25, 0.3) is 11.5 Å². The Morgan fingerprint density at radius 3 is 2.88 bits per heavy atom. The van der Waals surface area contributed by atoms with Crippen LogP contribution in [0.5, 0.6) is 0 Å². The average Bonchev–Trinajstić information content (AvgIpc) is 3.13. The number of aromatic nitrogens is 2. The average molecular weight is 231 g/mol. The summed E-state index contributed by atoms with van der Waals surface area (Å²) in [6.45, 7) is 0.944. The van der Waals surface area contributed by atoms with E-state index in [1.165, 1.54) is 12.1 Å². The molecule has 1 fully saturated rings. The number of carbonyl (C=O) groups excluding carboxylic acids is 1. The van der Waals surface area contributed by atoms with Gasteiger partial charge in [-0.3, -0.25) is 9.59 Å². The zero-order chi connectivity index (χ0) is 12.3. The van der Waals surface area contributed by atoms with Crippen molar-refractivity contribution >= 4 is 5.91 Å². The number of H-pyrrole nitrogens is 1. The molecule has 5 nitrogen and oxygen atoms in total. The molecule has 1 aromatic heterocycles. The van der Waals surface area contributed by atoms with Gasteiger partial charge in [-0.1, -0.05) is 5.92 Å². The summed E-state index contributed by atoms with van der Waals surface area (Å²) < 4.78 is 0. The van der Waals surface area contributed by atoms with Crippen molar-refractivity contribution in [3.05, 3.63) is 28.2 Å². The molecule has 0 saturated heterocycles. The first kappa shape index (κ1) is 11.4.